The number of nitro benzene ring substituents is 1. The fraction of sp³-hybridized carbons (Fsp3) is 0.538. The molecule has 1 fully saturated rings. The molecular weight excluding hydrogens is 266 g/mol. The Morgan fingerprint density at radius 1 is 1.53 bits per heavy atom. The Hall–Kier alpha value is -1.33. The molecule has 1 aliphatic carbocycles. The summed E-state index contributed by atoms with van der Waals surface area (Å²) in [6.07, 6.45) is 2.54. The lowest BCUT2D eigenvalue weighted by molar-refractivity contribution is -0.384. The summed E-state index contributed by atoms with van der Waals surface area (Å²) in [5.41, 5.74) is 0.559. The minimum absolute atomic E-state index is 0.0684. The Bertz CT molecular complexity index is 463. The van der Waals surface area contributed by atoms with Crippen molar-refractivity contribution in [3.63, 3.8) is 0 Å². The number of rotatable bonds is 7. The number of hydrogen-bond donors (Lipinski definition) is 1. The molecule has 0 aliphatic heterocycles. The van der Waals surface area contributed by atoms with Gasteiger partial charge in [0, 0.05) is 30.2 Å². The Labute approximate surface area is 117 Å². The summed E-state index contributed by atoms with van der Waals surface area (Å²) in [6.45, 7) is 4.74. The van der Waals surface area contributed by atoms with E-state index in [-0.39, 0.29) is 5.69 Å². The molecule has 0 heterocycles. The van der Waals surface area contributed by atoms with Crippen LogP contribution in [-0.4, -0.2) is 35.5 Å². The first-order valence-electron chi connectivity index (χ1n) is 6.53. The van der Waals surface area contributed by atoms with Gasteiger partial charge in [0.15, 0.2) is 0 Å². The van der Waals surface area contributed by atoms with Crippen LogP contribution in [0.15, 0.2) is 18.2 Å². The third-order valence-corrected chi connectivity index (χ3v) is 3.57. The average Bonchev–Trinajstić information content (AvgIpc) is 3.18. The summed E-state index contributed by atoms with van der Waals surface area (Å²) >= 11 is 5.88. The number of anilines is 1. The van der Waals surface area contributed by atoms with Crippen LogP contribution in [0.1, 0.15) is 19.8 Å². The molecular formula is C13H18ClN3O2. The van der Waals surface area contributed by atoms with Gasteiger partial charge in [0.25, 0.3) is 5.69 Å². The van der Waals surface area contributed by atoms with Gasteiger partial charge >= 0.3 is 0 Å². The highest BCUT2D eigenvalue weighted by Crippen LogP contribution is 2.28. The molecule has 19 heavy (non-hydrogen) atoms. The van der Waals surface area contributed by atoms with Gasteiger partial charge in [0.1, 0.15) is 5.69 Å². The molecule has 1 N–H and O–H groups in total. The van der Waals surface area contributed by atoms with Gasteiger partial charge in [-0.1, -0.05) is 18.5 Å². The SMILES string of the molecule is CCN(CCNc1cc(Cl)ccc1[N+](=O)[O-])C1CC1. The van der Waals surface area contributed by atoms with E-state index in [0.717, 1.165) is 13.1 Å². The van der Waals surface area contributed by atoms with E-state index < -0.39 is 4.92 Å². The van der Waals surface area contributed by atoms with E-state index in [1.54, 1.807) is 6.07 Å². The van der Waals surface area contributed by atoms with Crippen molar-refractivity contribution in [3.05, 3.63) is 33.3 Å². The molecule has 0 saturated heterocycles. The van der Waals surface area contributed by atoms with Crippen molar-refractivity contribution in [2.75, 3.05) is 25.0 Å². The van der Waals surface area contributed by atoms with Crippen molar-refractivity contribution in [1.82, 2.24) is 4.90 Å². The summed E-state index contributed by atoms with van der Waals surface area (Å²) in [6, 6.07) is 5.28. The van der Waals surface area contributed by atoms with Crippen LogP contribution in [0.5, 0.6) is 0 Å². The monoisotopic (exact) mass is 283 g/mol. The average molecular weight is 284 g/mol. The third kappa shape index (κ3) is 3.81. The molecule has 104 valence electrons. The molecule has 0 bridgehead atoms. The van der Waals surface area contributed by atoms with E-state index in [1.807, 2.05) is 0 Å². The topological polar surface area (TPSA) is 58.4 Å². The summed E-state index contributed by atoms with van der Waals surface area (Å²) in [5.74, 6) is 0. The zero-order valence-corrected chi connectivity index (χ0v) is 11.7. The van der Waals surface area contributed by atoms with E-state index in [4.69, 9.17) is 11.6 Å². The second-order valence-corrected chi connectivity index (χ2v) is 5.14. The van der Waals surface area contributed by atoms with E-state index in [0.29, 0.717) is 23.3 Å². The summed E-state index contributed by atoms with van der Waals surface area (Å²) < 4.78 is 0. The maximum atomic E-state index is 10.9. The molecule has 5 nitrogen and oxygen atoms in total. The smallest absolute Gasteiger partial charge is 0.292 e. The van der Waals surface area contributed by atoms with Crippen LogP contribution in [0.25, 0.3) is 0 Å². The standard InChI is InChI=1S/C13H18ClN3O2/c1-2-16(11-4-5-11)8-7-15-12-9-10(14)3-6-13(12)17(18)19/h3,6,9,11,15H,2,4-5,7-8H2,1H3. The zero-order valence-electron chi connectivity index (χ0n) is 10.9. The number of benzene rings is 1. The van der Waals surface area contributed by atoms with Crippen LogP contribution < -0.4 is 5.32 Å². The highest BCUT2D eigenvalue weighted by atomic mass is 35.5. The van der Waals surface area contributed by atoms with Gasteiger partial charge in [-0.2, -0.15) is 0 Å². The van der Waals surface area contributed by atoms with Crippen LogP contribution in [0.3, 0.4) is 0 Å². The first-order valence-corrected chi connectivity index (χ1v) is 6.91. The van der Waals surface area contributed by atoms with Crippen LogP contribution in [0.2, 0.25) is 5.02 Å². The van der Waals surface area contributed by atoms with Crippen LogP contribution in [-0.2, 0) is 0 Å². The maximum Gasteiger partial charge on any atom is 0.292 e. The number of nitro groups is 1. The van der Waals surface area contributed by atoms with Gasteiger partial charge in [-0.05, 0) is 31.5 Å². The fourth-order valence-electron chi connectivity index (χ4n) is 2.18. The quantitative estimate of drug-likeness (QED) is 0.617. The van der Waals surface area contributed by atoms with Gasteiger partial charge in [-0.25, -0.2) is 0 Å². The Morgan fingerprint density at radius 2 is 2.26 bits per heavy atom. The minimum Gasteiger partial charge on any atom is -0.378 e. The van der Waals surface area contributed by atoms with Crippen LogP contribution >= 0.6 is 11.6 Å². The van der Waals surface area contributed by atoms with E-state index in [9.17, 15) is 10.1 Å². The number of nitrogens with zero attached hydrogens (tertiary/aromatic N) is 2. The summed E-state index contributed by atoms with van der Waals surface area (Å²) in [7, 11) is 0. The molecule has 1 aromatic carbocycles. The molecule has 0 aromatic heterocycles. The maximum absolute atomic E-state index is 10.9. The van der Waals surface area contributed by atoms with Crippen molar-refractivity contribution in [3.8, 4) is 0 Å². The van der Waals surface area contributed by atoms with Crippen LogP contribution in [0, 0.1) is 10.1 Å². The van der Waals surface area contributed by atoms with Gasteiger partial charge in [-0.15, -0.1) is 0 Å². The predicted octanol–water partition coefficient (Wildman–Crippen LogP) is 3.14. The first kappa shape index (κ1) is 14.1. The second kappa shape index (κ2) is 6.21. The van der Waals surface area contributed by atoms with Crippen molar-refractivity contribution in [2.45, 2.75) is 25.8 Å². The fourth-order valence-corrected chi connectivity index (χ4v) is 2.35. The number of nitrogens with one attached hydrogen (secondary N) is 1. The molecule has 6 heteroatoms. The van der Waals surface area contributed by atoms with Gasteiger partial charge in [0.05, 0.1) is 4.92 Å². The molecule has 1 aromatic rings. The minimum atomic E-state index is -0.392. The highest BCUT2D eigenvalue weighted by molar-refractivity contribution is 6.31. The lowest BCUT2D eigenvalue weighted by atomic mass is 10.2. The van der Waals surface area contributed by atoms with Gasteiger partial charge in [-0.3, -0.25) is 15.0 Å². The Balaban J connectivity index is 1.94. The summed E-state index contributed by atoms with van der Waals surface area (Å²) in [5, 5.41) is 14.5. The molecule has 0 radical (unpaired) electrons. The molecule has 0 unspecified atom stereocenters. The molecule has 1 aliphatic rings. The van der Waals surface area contributed by atoms with Crippen molar-refractivity contribution in [2.24, 2.45) is 0 Å². The van der Waals surface area contributed by atoms with Crippen LogP contribution in [0.4, 0.5) is 11.4 Å². The summed E-state index contributed by atoms with van der Waals surface area (Å²) in [4.78, 5) is 12.9. The molecule has 0 atom stereocenters. The number of hydrogen-bond acceptors (Lipinski definition) is 4. The lowest BCUT2D eigenvalue weighted by Gasteiger charge is -2.20. The van der Waals surface area contributed by atoms with Crippen molar-refractivity contribution >= 4 is 23.0 Å². The van der Waals surface area contributed by atoms with E-state index >= 15 is 0 Å². The Kier molecular flexibility index (Phi) is 4.61. The Morgan fingerprint density at radius 3 is 2.84 bits per heavy atom. The number of halogens is 1. The van der Waals surface area contributed by atoms with Crippen molar-refractivity contribution in [1.29, 1.82) is 0 Å². The van der Waals surface area contributed by atoms with Gasteiger partial charge in [0.2, 0.25) is 0 Å². The molecule has 1 saturated carbocycles. The number of likely N-dealkylation sites (N-methyl/N-ethyl adjacent to an activating group) is 1. The predicted molar refractivity (Wildman–Crippen MR) is 76.9 cm³/mol. The normalized spacial score (nSPS) is 14.7. The highest BCUT2D eigenvalue weighted by Gasteiger charge is 2.27. The van der Waals surface area contributed by atoms with E-state index in [1.165, 1.54) is 25.0 Å². The first-order chi connectivity index (χ1) is 9.11. The van der Waals surface area contributed by atoms with E-state index in [2.05, 4.69) is 17.1 Å². The largest absolute Gasteiger partial charge is 0.378 e. The molecule has 2 rings (SSSR count). The van der Waals surface area contributed by atoms with Gasteiger partial charge < -0.3 is 5.32 Å². The second-order valence-electron chi connectivity index (χ2n) is 4.71. The molecule has 0 amide bonds. The molecule has 0 spiro atoms. The lowest BCUT2D eigenvalue weighted by Crippen LogP contribution is -2.30. The third-order valence-electron chi connectivity index (χ3n) is 3.34. The zero-order chi connectivity index (χ0) is 13.8. The van der Waals surface area contributed by atoms with Crippen molar-refractivity contribution < 1.29 is 4.92 Å².